The summed E-state index contributed by atoms with van der Waals surface area (Å²) in [4.78, 5) is 0. The summed E-state index contributed by atoms with van der Waals surface area (Å²) in [7, 11) is -1.50. The second kappa shape index (κ2) is 11.5. The van der Waals surface area contributed by atoms with E-state index >= 15 is 0 Å². The average Bonchev–Trinajstić information content (AvgIpc) is 2.97. The Kier molecular flexibility index (Phi) is 7.31. The van der Waals surface area contributed by atoms with Gasteiger partial charge in [-0.15, -0.1) is 0 Å². The largest absolute Gasteiger partial charge is 0.427 e. The zero-order valence-electron chi connectivity index (χ0n) is 21.0. The predicted octanol–water partition coefficient (Wildman–Crippen LogP) is 9.38. The van der Waals surface area contributed by atoms with Crippen molar-refractivity contribution in [3.8, 4) is 11.5 Å². The van der Waals surface area contributed by atoms with Crippen molar-refractivity contribution in [2.75, 3.05) is 0 Å². The SMILES string of the molecule is c1ccc(CN(Cc2ccccc2)P(Oc2ccc3ccccc3c2)Oc2ccc3ccccc3c2)cc1. The lowest BCUT2D eigenvalue weighted by Gasteiger charge is -2.30. The van der Waals surface area contributed by atoms with Gasteiger partial charge in [-0.05, 0) is 56.9 Å². The minimum atomic E-state index is -1.50. The topological polar surface area (TPSA) is 21.7 Å². The summed E-state index contributed by atoms with van der Waals surface area (Å²) in [6.45, 7) is 1.39. The lowest BCUT2D eigenvalue weighted by molar-refractivity contribution is 0.341. The van der Waals surface area contributed by atoms with E-state index in [0.29, 0.717) is 13.1 Å². The van der Waals surface area contributed by atoms with Crippen LogP contribution in [0.4, 0.5) is 0 Å². The Morgan fingerprint density at radius 3 is 1.26 bits per heavy atom. The van der Waals surface area contributed by atoms with Crippen molar-refractivity contribution in [1.29, 1.82) is 0 Å². The van der Waals surface area contributed by atoms with Gasteiger partial charge in [-0.3, -0.25) is 0 Å². The van der Waals surface area contributed by atoms with Gasteiger partial charge in [-0.2, -0.15) is 0 Å². The maximum atomic E-state index is 6.71. The van der Waals surface area contributed by atoms with Crippen LogP contribution in [0.15, 0.2) is 146 Å². The average molecular weight is 514 g/mol. The Bertz CT molecular complexity index is 1520. The summed E-state index contributed by atoms with van der Waals surface area (Å²) >= 11 is 0. The number of benzene rings is 6. The number of rotatable bonds is 9. The standard InChI is InChI=1S/C34H28NO2P/c1-3-11-27(12-4-1)25-35(26-28-13-5-2-6-14-28)38(36-33-21-19-29-15-7-9-17-31(29)23-33)37-34-22-20-30-16-8-10-18-32(30)24-34/h1-24H,25-26H2. The molecule has 0 spiro atoms. The second-order valence-corrected chi connectivity index (χ2v) is 10.6. The van der Waals surface area contributed by atoms with Gasteiger partial charge in [-0.1, -0.05) is 121 Å². The zero-order chi connectivity index (χ0) is 25.6. The molecule has 0 aliphatic carbocycles. The van der Waals surface area contributed by atoms with Gasteiger partial charge in [0.15, 0.2) is 0 Å². The van der Waals surface area contributed by atoms with Crippen LogP contribution in [0.5, 0.6) is 11.5 Å². The molecule has 0 atom stereocenters. The monoisotopic (exact) mass is 513 g/mol. The molecule has 0 saturated heterocycles. The van der Waals surface area contributed by atoms with E-state index in [1.54, 1.807) is 0 Å². The summed E-state index contributed by atoms with van der Waals surface area (Å²) in [5.41, 5.74) is 2.42. The van der Waals surface area contributed by atoms with Gasteiger partial charge in [0, 0.05) is 13.1 Å². The van der Waals surface area contributed by atoms with Crippen molar-refractivity contribution >= 4 is 30.1 Å². The molecular weight excluding hydrogens is 485 g/mol. The third-order valence-corrected chi connectivity index (χ3v) is 7.93. The van der Waals surface area contributed by atoms with E-state index in [0.717, 1.165) is 22.3 Å². The molecule has 6 rings (SSSR count). The molecule has 0 saturated carbocycles. The lowest BCUT2D eigenvalue weighted by Crippen LogP contribution is -2.22. The molecule has 0 aliphatic heterocycles. The molecule has 0 aromatic heterocycles. The number of nitrogens with zero attached hydrogens (tertiary/aromatic N) is 1. The van der Waals surface area contributed by atoms with E-state index in [-0.39, 0.29) is 0 Å². The summed E-state index contributed by atoms with van der Waals surface area (Å²) in [6.07, 6.45) is 0. The molecule has 0 bridgehead atoms. The Labute approximate surface area is 224 Å². The molecule has 0 heterocycles. The van der Waals surface area contributed by atoms with Crippen molar-refractivity contribution < 1.29 is 9.05 Å². The highest BCUT2D eigenvalue weighted by atomic mass is 31.2. The van der Waals surface area contributed by atoms with E-state index < -0.39 is 8.53 Å². The smallest absolute Gasteiger partial charge is 0.385 e. The van der Waals surface area contributed by atoms with E-state index in [2.05, 4.69) is 126 Å². The highest BCUT2D eigenvalue weighted by Crippen LogP contribution is 2.46. The van der Waals surface area contributed by atoms with Crippen LogP contribution in [0.2, 0.25) is 0 Å². The zero-order valence-corrected chi connectivity index (χ0v) is 21.9. The first-order valence-electron chi connectivity index (χ1n) is 12.8. The molecule has 0 fully saturated rings. The van der Waals surface area contributed by atoms with Crippen molar-refractivity contribution in [3.63, 3.8) is 0 Å². The Hall–Kier alpha value is -4.17. The van der Waals surface area contributed by atoms with Gasteiger partial charge in [0.05, 0.1) is 0 Å². The Morgan fingerprint density at radius 2 is 0.816 bits per heavy atom. The molecule has 186 valence electrons. The summed E-state index contributed by atoms with van der Waals surface area (Å²) in [5, 5.41) is 4.65. The maximum absolute atomic E-state index is 6.71. The third-order valence-electron chi connectivity index (χ3n) is 6.46. The van der Waals surface area contributed by atoms with Crippen molar-refractivity contribution in [2.45, 2.75) is 13.1 Å². The minimum absolute atomic E-state index is 0.697. The van der Waals surface area contributed by atoms with Gasteiger partial charge in [0.2, 0.25) is 0 Å². The van der Waals surface area contributed by atoms with E-state index in [4.69, 9.17) is 9.05 Å². The third kappa shape index (κ3) is 5.86. The van der Waals surface area contributed by atoms with Crippen LogP contribution < -0.4 is 9.05 Å². The van der Waals surface area contributed by atoms with Crippen LogP contribution in [-0.2, 0) is 13.1 Å². The predicted molar refractivity (Wildman–Crippen MR) is 158 cm³/mol. The fraction of sp³-hybridized carbons (Fsp3) is 0.0588. The fourth-order valence-corrected chi connectivity index (χ4v) is 5.94. The molecule has 6 aromatic carbocycles. The normalized spacial score (nSPS) is 11.3. The quantitative estimate of drug-likeness (QED) is 0.180. The first-order chi connectivity index (χ1) is 18.8. The van der Waals surface area contributed by atoms with E-state index in [1.807, 2.05) is 24.3 Å². The minimum Gasteiger partial charge on any atom is -0.427 e. The van der Waals surface area contributed by atoms with Crippen LogP contribution in [-0.4, -0.2) is 4.67 Å². The van der Waals surface area contributed by atoms with Gasteiger partial charge >= 0.3 is 8.53 Å². The molecule has 3 nitrogen and oxygen atoms in total. The van der Waals surface area contributed by atoms with E-state index in [1.165, 1.54) is 21.9 Å². The summed E-state index contributed by atoms with van der Waals surface area (Å²) in [5.74, 6) is 1.59. The van der Waals surface area contributed by atoms with Gasteiger partial charge in [0.1, 0.15) is 11.5 Å². The molecule has 4 heteroatoms. The van der Waals surface area contributed by atoms with Crippen molar-refractivity contribution in [3.05, 3.63) is 157 Å². The van der Waals surface area contributed by atoms with Crippen molar-refractivity contribution in [2.24, 2.45) is 0 Å². The first kappa shape index (κ1) is 24.2. The van der Waals surface area contributed by atoms with Crippen LogP contribution in [0.1, 0.15) is 11.1 Å². The molecule has 0 radical (unpaired) electrons. The summed E-state index contributed by atoms with van der Waals surface area (Å²) < 4.78 is 15.7. The number of fused-ring (bicyclic) bond motifs is 2. The molecule has 6 aromatic rings. The van der Waals surface area contributed by atoms with Crippen LogP contribution in [0, 0.1) is 0 Å². The number of hydrogen-bond donors (Lipinski definition) is 0. The Morgan fingerprint density at radius 1 is 0.421 bits per heavy atom. The number of hydrogen-bond acceptors (Lipinski definition) is 3. The molecular formula is C34H28NO2P. The van der Waals surface area contributed by atoms with Gasteiger partial charge in [-0.25, -0.2) is 4.67 Å². The molecule has 0 amide bonds. The highest BCUT2D eigenvalue weighted by Gasteiger charge is 2.26. The fourth-order valence-electron chi connectivity index (χ4n) is 4.52. The van der Waals surface area contributed by atoms with Gasteiger partial charge < -0.3 is 9.05 Å². The van der Waals surface area contributed by atoms with Crippen molar-refractivity contribution in [1.82, 2.24) is 4.67 Å². The summed E-state index contributed by atoms with van der Waals surface area (Å²) in [6, 6.07) is 50.1. The molecule has 38 heavy (non-hydrogen) atoms. The van der Waals surface area contributed by atoms with E-state index in [9.17, 15) is 0 Å². The highest BCUT2D eigenvalue weighted by molar-refractivity contribution is 7.45. The Balaban J connectivity index is 1.38. The first-order valence-corrected chi connectivity index (χ1v) is 13.9. The maximum Gasteiger partial charge on any atom is 0.385 e. The van der Waals surface area contributed by atoms with Crippen LogP contribution in [0.25, 0.3) is 21.5 Å². The van der Waals surface area contributed by atoms with Gasteiger partial charge in [0.25, 0.3) is 0 Å². The lowest BCUT2D eigenvalue weighted by atomic mass is 10.1. The second-order valence-electron chi connectivity index (χ2n) is 9.23. The van der Waals surface area contributed by atoms with Crippen LogP contribution in [0.3, 0.4) is 0 Å². The molecule has 0 unspecified atom stereocenters. The molecule has 0 N–H and O–H groups in total. The van der Waals surface area contributed by atoms with Crippen LogP contribution >= 0.6 is 8.53 Å². The molecule has 0 aliphatic rings.